The summed E-state index contributed by atoms with van der Waals surface area (Å²) < 4.78 is 5.31. The van der Waals surface area contributed by atoms with Crippen LogP contribution >= 0.6 is 0 Å². The van der Waals surface area contributed by atoms with Gasteiger partial charge in [-0.2, -0.15) is 0 Å². The van der Waals surface area contributed by atoms with Crippen LogP contribution in [0, 0.1) is 5.92 Å². The smallest absolute Gasteiger partial charge is 0.0705 e. The molecule has 1 fully saturated rings. The molecule has 2 N–H and O–H groups in total. The summed E-state index contributed by atoms with van der Waals surface area (Å²) in [5, 5.41) is 0. The SMILES string of the molecule is COC(CN)CCN(C)C1CCCCC1C. The highest BCUT2D eigenvalue weighted by Gasteiger charge is 2.24. The summed E-state index contributed by atoms with van der Waals surface area (Å²) in [6.07, 6.45) is 6.82. The molecule has 1 aliphatic rings. The molecule has 1 aliphatic carbocycles. The maximum atomic E-state index is 5.63. The van der Waals surface area contributed by atoms with Crippen molar-refractivity contribution in [2.24, 2.45) is 11.7 Å². The molecule has 16 heavy (non-hydrogen) atoms. The summed E-state index contributed by atoms with van der Waals surface area (Å²) in [5.41, 5.74) is 5.63. The number of nitrogens with two attached hydrogens (primary N) is 1. The first-order valence-electron chi connectivity index (χ1n) is 6.62. The molecule has 1 saturated carbocycles. The Morgan fingerprint density at radius 3 is 2.62 bits per heavy atom. The number of methoxy groups -OCH3 is 1. The van der Waals surface area contributed by atoms with Crippen molar-refractivity contribution in [2.75, 3.05) is 27.2 Å². The Balaban J connectivity index is 2.30. The number of hydrogen-bond donors (Lipinski definition) is 1. The Hall–Kier alpha value is -0.120. The third-order valence-electron chi connectivity index (χ3n) is 4.03. The van der Waals surface area contributed by atoms with Gasteiger partial charge in [-0.15, -0.1) is 0 Å². The van der Waals surface area contributed by atoms with Crippen molar-refractivity contribution in [3.63, 3.8) is 0 Å². The van der Waals surface area contributed by atoms with Gasteiger partial charge in [0.15, 0.2) is 0 Å². The van der Waals surface area contributed by atoms with Gasteiger partial charge in [0.1, 0.15) is 0 Å². The second kappa shape index (κ2) is 7.25. The molecule has 0 heterocycles. The minimum atomic E-state index is 0.223. The molecular weight excluding hydrogens is 200 g/mol. The molecule has 0 bridgehead atoms. The van der Waals surface area contributed by atoms with Crippen molar-refractivity contribution in [1.82, 2.24) is 4.90 Å². The van der Waals surface area contributed by atoms with Gasteiger partial charge in [-0.1, -0.05) is 19.8 Å². The minimum absolute atomic E-state index is 0.223. The second-order valence-electron chi connectivity index (χ2n) is 5.19. The zero-order valence-electron chi connectivity index (χ0n) is 11.1. The lowest BCUT2D eigenvalue weighted by Crippen LogP contribution is -2.40. The number of ether oxygens (including phenoxy) is 1. The Labute approximate surface area is 100 Å². The van der Waals surface area contributed by atoms with E-state index in [1.807, 2.05) is 0 Å². The molecule has 3 nitrogen and oxygen atoms in total. The van der Waals surface area contributed by atoms with Gasteiger partial charge in [-0.05, 0) is 32.2 Å². The Morgan fingerprint density at radius 1 is 1.38 bits per heavy atom. The molecule has 0 saturated heterocycles. The molecule has 0 spiro atoms. The molecule has 0 aromatic rings. The predicted octanol–water partition coefficient (Wildman–Crippen LogP) is 1.86. The fraction of sp³-hybridized carbons (Fsp3) is 1.00. The van der Waals surface area contributed by atoms with Crippen LogP contribution in [0.2, 0.25) is 0 Å². The average molecular weight is 228 g/mol. The molecule has 1 rings (SSSR count). The Kier molecular flexibility index (Phi) is 6.32. The minimum Gasteiger partial charge on any atom is -0.380 e. The molecule has 0 aliphatic heterocycles. The lowest BCUT2D eigenvalue weighted by atomic mass is 9.85. The number of hydrogen-bond acceptors (Lipinski definition) is 3. The highest BCUT2D eigenvalue weighted by Crippen LogP contribution is 2.27. The van der Waals surface area contributed by atoms with Crippen molar-refractivity contribution in [2.45, 2.75) is 51.2 Å². The fourth-order valence-electron chi connectivity index (χ4n) is 2.80. The zero-order valence-corrected chi connectivity index (χ0v) is 11.1. The first-order chi connectivity index (χ1) is 7.69. The van der Waals surface area contributed by atoms with Crippen LogP contribution in [0.25, 0.3) is 0 Å². The molecule has 0 aromatic heterocycles. The van der Waals surface area contributed by atoms with Gasteiger partial charge in [-0.25, -0.2) is 0 Å². The van der Waals surface area contributed by atoms with Crippen molar-refractivity contribution >= 4 is 0 Å². The molecule has 0 amide bonds. The van der Waals surface area contributed by atoms with Crippen LogP contribution in [-0.2, 0) is 4.74 Å². The van der Waals surface area contributed by atoms with Gasteiger partial charge in [0.2, 0.25) is 0 Å². The summed E-state index contributed by atoms with van der Waals surface area (Å²) in [4.78, 5) is 2.51. The molecule has 0 aromatic carbocycles. The summed E-state index contributed by atoms with van der Waals surface area (Å²) in [7, 11) is 4.00. The van der Waals surface area contributed by atoms with E-state index in [1.165, 1.54) is 25.7 Å². The summed E-state index contributed by atoms with van der Waals surface area (Å²) >= 11 is 0. The zero-order chi connectivity index (χ0) is 12.0. The molecule has 3 unspecified atom stereocenters. The van der Waals surface area contributed by atoms with Gasteiger partial charge in [0.25, 0.3) is 0 Å². The molecule has 3 heteroatoms. The lowest BCUT2D eigenvalue weighted by molar-refractivity contribution is 0.0744. The van der Waals surface area contributed by atoms with Crippen LogP contribution in [0.1, 0.15) is 39.0 Å². The average Bonchev–Trinajstić information content (AvgIpc) is 2.30. The van der Waals surface area contributed by atoms with Crippen molar-refractivity contribution in [3.05, 3.63) is 0 Å². The monoisotopic (exact) mass is 228 g/mol. The van der Waals surface area contributed by atoms with Gasteiger partial charge in [0.05, 0.1) is 6.10 Å². The van der Waals surface area contributed by atoms with Crippen LogP contribution in [0.3, 0.4) is 0 Å². The Bertz CT molecular complexity index is 183. The summed E-state index contributed by atoms with van der Waals surface area (Å²) in [6.45, 7) is 4.12. The van der Waals surface area contributed by atoms with E-state index in [4.69, 9.17) is 10.5 Å². The highest BCUT2D eigenvalue weighted by atomic mass is 16.5. The highest BCUT2D eigenvalue weighted by molar-refractivity contribution is 4.79. The Morgan fingerprint density at radius 2 is 2.06 bits per heavy atom. The summed E-state index contributed by atoms with van der Waals surface area (Å²) in [5.74, 6) is 0.845. The third-order valence-corrected chi connectivity index (χ3v) is 4.03. The quantitative estimate of drug-likeness (QED) is 0.754. The first-order valence-corrected chi connectivity index (χ1v) is 6.62. The molecule has 96 valence electrons. The normalized spacial score (nSPS) is 28.3. The lowest BCUT2D eigenvalue weighted by Gasteiger charge is -2.36. The van der Waals surface area contributed by atoms with E-state index < -0.39 is 0 Å². The third kappa shape index (κ3) is 4.04. The standard InChI is InChI=1S/C13H28N2O/c1-11-6-4-5-7-13(11)15(2)9-8-12(10-14)16-3/h11-13H,4-10,14H2,1-3H3. The number of nitrogens with zero attached hydrogens (tertiary/aromatic N) is 1. The van der Waals surface area contributed by atoms with Gasteiger partial charge < -0.3 is 15.4 Å². The first kappa shape index (κ1) is 13.9. The molecule has 3 atom stereocenters. The van der Waals surface area contributed by atoms with Gasteiger partial charge >= 0.3 is 0 Å². The van der Waals surface area contributed by atoms with Crippen molar-refractivity contribution < 1.29 is 4.74 Å². The van der Waals surface area contributed by atoms with E-state index in [2.05, 4.69) is 18.9 Å². The second-order valence-corrected chi connectivity index (χ2v) is 5.19. The van der Waals surface area contributed by atoms with Crippen LogP contribution in [0.15, 0.2) is 0 Å². The van der Waals surface area contributed by atoms with Crippen LogP contribution in [0.4, 0.5) is 0 Å². The van der Waals surface area contributed by atoms with Gasteiger partial charge in [0, 0.05) is 26.2 Å². The van der Waals surface area contributed by atoms with Crippen LogP contribution in [-0.4, -0.2) is 44.3 Å². The topological polar surface area (TPSA) is 38.5 Å². The van der Waals surface area contributed by atoms with Crippen molar-refractivity contribution in [3.8, 4) is 0 Å². The van der Waals surface area contributed by atoms with E-state index in [0.717, 1.165) is 24.9 Å². The van der Waals surface area contributed by atoms with Gasteiger partial charge in [-0.3, -0.25) is 0 Å². The van der Waals surface area contributed by atoms with Crippen molar-refractivity contribution in [1.29, 1.82) is 0 Å². The fourth-order valence-corrected chi connectivity index (χ4v) is 2.80. The summed E-state index contributed by atoms with van der Waals surface area (Å²) in [6, 6.07) is 0.768. The molecular formula is C13H28N2O. The largest absolute Gasteiger partial charge is 0.380 e. The maximum Gasteiger partial charge on any atom is 0.0705 e. The molecule has 0 radical (unpaired) electrons. The van der Waals surface area contributed by atoms with E-state index in [1.54, 1.807) is 7.11 Å². The van der Waals surface area contributed by atoms with Crippen LogP contribution in [0.5, 0.6) is 0 Å². The van der Waals surface area contributed by atoms with E-state index in [-0.39, 0.29) is 6.10 Å². The number of rotatable bonds is 6. The van der Waals surface area contributed by atoms with Crippen LogP contribution < -0.4 is 5.73 Å². The maximum absolute atomic E-state index is 5.63. The van der Waals surface area contributed by atoms with E-state index in [0.29, 0.717) is 6.54 Å². The van der Waals surface area contributed by atoms with E-state index >= 15 is 0 Å². The van der Waals surface area contributed by atoms with E-state index in [9.17, 15) is 0 Å². The predicted molar refractivity (Wildman–Crippen MR) is 68.5 cm³/mol.